The van der Waals surface area contributed by atoms with Crippen LogP contribution < -0.4 is 10.6 Å². The highest BCUT2D eigenvalue weighted by molar-refractivity contribution is 5.89. The van der Waals surface area contributed by atoms with E-state index in [1.165, 1.54) is 12.1 Å². The molecule has 148 valence electrons. The van der Waals surface area contributed by atoms with Gasteiger partial charge in [-0.05, 0) is 55.5 Å². The van der Waals surface area contributed by atoms with Gasteiger partial charge in [0.15, 0.2) is 0 Å². The lowest BCUT2D eigenvalue weighted by atomic mass is 9.97. The second-order valence-electron chi connectivity index (χ2n) is 7.35. The summed E-state index contributed by atoms with van der Waals surface area (Å²) in [4.78, 5) is 26.5. The minimum absolute atomic E-state index is 0.0421. The van der Waals surface area contributed by atoms with E-state index in [2.05, 4.69) is 10.6 Å². The van der Waals surface area contributed by atoms with Gasteiger partial charge in [0.1, 0.15) is 5.82 Å². The van der Waals surface area contributed by atoms with Crippen molar-refractivity contribution in [3.8, 4) is 0 Å². The number of piperidine rings is 1. The minimum Gasteiger partial charge on any atom is -0.342 e. The van der Waals surface area contributed by atoms with Crippen LogP contribution in [-0.2, 0) is 11.2 Å². The molecule has 0 bridgehead atoms. The first-order valence-corrected chi connectivity index (χ1v) is 9.63. The van der Waals surface area contributed by atoms with Crippen LogP contribution in [0.15, 0.2) is 48.5 Å². The van der Waals surface area contributed by atoms with Crippen LogP contribution in [0.1, 0.15) is 24.0 Å². The van der Waals surface area contributed by atoms with Gasteiger partial charge < -0.3 is 15.5 Å². The Balaban J connectivity index is 1.45. The van der Waals surface area contributed by atoms with E-state index >= 15 is 0 Å². The van der Waals surface area contributed by atoms with Gasteiger partial charge in [-0.15, -0.1) is 0 Å². The molecule has 0 spiro atoms. The average Bonchev–Trinajstić information content (AvgIpc) is 2.70. The zero-order valence-corrected chi connectivity index (χ0v) is 16.1. The lowest BCUT2D eigenvalue weighted by Crippen LogP contribution is -2.44. The lowest BCUT2D eigenvalue weighted by Gasteiger charge is -2.33. The fourth-order valence-electron chi connectivity index (χ4n) is 3.40. The molecule has 2 N–H and O–H groups in total. The van der Waals surface area contributed by atoms with Gasteiger partial charge in [-0.25, -0.2) is 9.18 Å². The van der Waals surface area contributed by atoms with Crippen LogP contribution in [0.3, 0.4) is 0 Å². The number of anilines is 1. The van der Waals surface area contributed by atoms with E-state index in [1.54, 1.807) is 12.1 Å². The summed E-state index contributed by atoms with van der Waals surface area (Å²) in [5, 5.41) is 5.72. The molecule has 0 saturated carbocycles. The first-order valence-electron chi connectivity index (χ1n) is 9.63. The molecular weight excluding hydrogens is 357 g/mol. The number of aryl methyl sites for hydroxylation is 1. The third-order valence-electron chi connectivity index (χ3n) is 5.00. The van der Waals surface area contributed by atoms with Crippen molar-refractivity contribution in [3.63, 3.8) is 0 Å². The van der Waals surface area contributed by atoms with E-state index in [0.717, 1.165) is 36.2 Å². The molecule has 1 saturated heterocycles. The van der Waals surface area contributed by atoms with Crippen LogP contribution in [0.4, 0.5) is 14.9 Å². The molecule has 0 aliphatic carbocycles. The molecule has 1 heterocycles. The summed E-state index contributed by atoms with van der Waals surface area (Å²) in [5.41, 5.74) is 2.70. The SMILES string of the molecule is Cc1ccc(NC(=O)NCC2CCCN(C(=O)Cc3ccc(F)cc3)C2)cc1. The van der Waals surface area contributed by atoms with Gasteiger partial charge in [0.25, 0.3) is 0 Å². The third kappa shape index (κ3) is 5.81. The Morgan fingerprint density at radius 2 is 1.82 bits per heavy atom. The number of carbonyl (C=O) groups is 2. The summed E-state index contributed by atoms with van der Waals surface area (Å²) in [6.07, 6.45) is 2.17. The molecule has 1 unspecified atom stereocenters. The Hall–Kier alpha value is -2.89. The number of hydrogen-bond acceptors (Lipinski definition) is 2. The first-order chi connectivity index (χ1) is 13.5. The quantitative estimate of drug-likeness (QED) is 0.826. The van der Waals surface area contributed by atoms with Crippen molar-refractivity contribution in [3.05, 3.63) is 65.5 Å². The maximum absolute atomic E-state index is 13.0. The molecule has 1 atom stereocenters. The van der Waals surface area contributed by atoms with Crippen molar-refractivity contribution >= 4 is 17.6 Å². The summed E-state index contributed by atoms with van der Waals surface area (Å²) >= 11 is 0. The molecule has 0 aromatic heterocycles. The van der Waals surface area contributed by atoms with Gasteiger partial charge in [0.2, 0.25) is 5.91 Å². The third-order valence-corrected chi connectivity index (χ3v) is 5.00. The highest BCUT2D eigenvalue weighted by atomic mass is 19.1. The molecule has 0 radical (unpaired) electrons. The molecule has 3 amide bonds. The monoisotopic (exact) mass is 383 g/mol. The molecule has 1 aliphatic heterocycles. The van der Waals surface area contributed by atoms with E-state index in [4.69, 9.17) is 0 Å². The fourth-order valence-corrected chi connectivity index (χ4v) is 3.40. The lowest BCUT2D eigenvalue weighted by molar-refractivity contribution is -0.132. The molecule has 1 aliphatic rings. The molecule has 5 nitrogen and oxygen atoms in total. The largest absolute Gasteiger partial charge is 0.342 e. The Labute approximate surface area is 164 Å². The number of rotatable bonds is 5. The Bertz CT molecular complexity index is 806. The first kappa shape index (κ1) is 19.9. The molecule has 28 heavy (non-hydrogen) atoms. The normalized spacial score (nSPS) is 16.5. The number of nitrogens with one attached hydrogen (secondary N) is 2. The number of halogens is 1. The zero-order valence-electron chi connectivity index (χ0n) is 16.1. The molecule has 3 rings (SSSR count). The number of likely N-dealkylation sites (tertiary alicyclic amines) is 1. The zero-order chi connectivity index (χ0) is 19.9. The predicted octanol–water partition coefficient (Wildman–Crippen LogP) is 3.74. The molecule has 2 aromatic rings. The van der Waals surface area contributed by atoms with E-state index in [1.807, 2.05) is 36.1 Å². The summed E-state index contributed by atoms with van der Waals surface area (Å²) in [6.45, 7) is 3.88. The van der Waals surface area contributed by atoms with Gasteiger partial charge >= 0.3 is 6.03 Å². The average molecular weight is 383 g/mol. The highest BCUT2D eigenvalue weighted by Gasteiger charge is 2.24. The number of carbonyl (C=O) groups excluding carboxylic acids is 2. The topological polar surface area (TPSA) is 61.4 Å². The summed E-state index contributed by atoms with van der Waals surface area (Å²) in [5.74, 6) is -0.0284. The van der Waals surface area contributed by atoms with E-state index < -0.39 is 0 Å². The summed E-state index contributed by atoms with van der Waals surface area (Å²) in [6, 6.07) is 13.4. The molecule has 2 aromatic carbocycles. The number of nitrogens with zero attached hydrogens (tertiary/aromatic N) is 1. The van der Waals surface area contributed by atoms with Crippen LogP contribution in [-0.4, -0.2) is 36.5 Å². The summed E-state index contributed by atoms with van der Waals surface area (Å²) in [7, 11) is 0. The van der Waals surface area contributed by atoms with Crippen molar-refractivity contribution in [1.29, 1.82) is 0 Å². The van der Waals surface area contributed by atoms with Gasteiger partial charge in [-0.2, -0.15) is 0 Å². The summed E-state index contributed by atoms with van der Waals surface area (Å²) < 4.78 is 13.0. The van der Waals surface area contributed by atoms with Crippen molar-refractivity contribution < 1.29 is 14.0 Å². The fraction of sp³-hybridized carbons (Fsp3) is 0.364. The van der Waals surface area contributed by atoms with Crippen LogP contribution >= 0.6 is 0 Å². The molecule has 1 fully saturated rings. The minimum atomic E-state index is -0.302. The van der Waals surface area contributed by atoms with Crippen molar-refractivity contribution in [1.82, 2.24) is 10.2 Å². The van der Waals surface area contributed by atoms with Gasteiger partial charge in [-0.1, -0.05) is 29.8 Å². The maximum Gasteiger partial charge on any atom is 0.319 e. The second-order valence-corrected chi connectivity index (χ2v) is 7.35. The van der Waals surface area contributed by atoms with Crippen LogP contribution in [0.2, 0.25) is 0 Å². The standard InChI is InChI=1S/C22H26FN3O2/c1-16-4-10-20(11-5-16)25-22(28)24-14-18-3-2-12-26(15-18)21(27)13-17-6-8-19(23)9-7-17/h4-11,18H,2-3,12-15H2,1H3,(H2,24,25,28). The van der Waals surface area contributed by atoms with Gasteiger partial charge in [0, 0.05) is 25.3 Å². The van der Waals surface area contributed by atoms with E-state index in [9.17, 15) is 14.0 Å². The van der Waals surface area contributed by atoms with E-state index in [-0.39, 0.29) is 30.1 Å². The second kappa shape index (κ2) is 9.35. The smallest absolute Gasteiger partial charge is 0.319 e. The van der Waals surface area contributed by atoms with Crippen molar-refractivity contribution in [2.45, 2.75) is 26.2 Å². The molecular formula is C22H26FN3O2. The highest BCUT2D eigenvalue weighted by Crippen LogP contribution is 2.17. The van der Waals surface area contributed by atoms with Crippen molar-refractivity contribution in [2.24, 2.45) is 5.92 Å². The number of hydrogen-bond donors (Lipinski definition) is 2. The predicted molar refractivity (Wildman–Crippen MR) is 108 cm³/mol. The maximum atomic E-state index is 13.0. The Morgan fingerprint density at radius 1 is 1.11 bits per heavy atom. The Morgan fingerprint density at radius 3 is 2.54 bits per heavy atom. The number of urea groups is 1. The van der Waals surface area contributed by atoms with Crippen LogP contribution in [0.5, 0.6) is 0 Å². The van der Waals surface area contributed by atoms with Gasteiger partial charge in [-0.3, -0.25) is 4.79 Å². The Kier molecular flexibility index (Phi) is 6.63. The van der Waals surface area contributed by atoms with Crippen LogP contribution in [0.25, 0.3) is 0 Å². The van der Waals surface area contributed by atoms with Crippen molar-refractivity contribution in [2.75, 3.05) is 25.0 Å². The van der Waals surface area contributed by atoms with Gasteiger partial charge in [0.05, 0.1) is 6.42 Å². The number of amides is 3. The van der Waals surface area contributed by atoms with E-state index in [0.29, 0.717) is 13.1 Å². The van der Waals surface area contributed by atoms with Crippen LogP contribution in [0, 0.1) is 18.7 Å². The molecule has 6 heteroatoms. The number of benzene rings is 2.